The fraction of sp³-hybridized carbons (Fsp3) is 0.286. The molecule has 0 aliphatic carbocycles. The first-order valence-corrected chi connectivity index (χ1v) is 3.63. The van der Waals surface area contributed by atoms with Crippen molar-refractivity contribution in [3.8, 4) is 5.75 Å². The number of nitrogens with zero attached hydrogens (tertiary/aromatic N) is 2. The molecule has 0 spiro atoms. The van der Waals surface area contributed by atoms with Gasteiger partial charge in [-0.05, 0) is 0 Å². The molecule has 1 amide bonds. The third-order valence-corrected chi connectivity index (χ3v) is 1.18. The first kappa shape index (κ1) is 9.24. The minimum atomic E-state index is -1.06. The smallest absolute Gasteiger partial charge is 0.404 e. The molecule has 2 N–H and O–H groups in total. The molecule has 0 fully saturated rings. The standard InChI is InChI=1S/C7H9N3O3/c11-7(12)10-1-2-13-6-3-8-5-9-4-6/h3-5,10H,1-2H2,(H,11,12). The molecule has 0 radical (unpaired) electrons. The van der Waals surface area contributed by atoms with Gasteiger partial charge in [-0.3, -0.25) is 0 Å². The summed E-state index contributed by atoms with van der Waals surface area (Å²) in [5.41, 5.74) is 0. The highest BCUT2D eigenvalue weighted by atomic mass is 16.5. The molecule has 6 nitrogen and oxygen atoms in total. The average Bonchev–Trinajstić information content (AvgIpc) is 2.14. The van der Waals surface area contributed by atoms with Gasteiger partial charge in [-0.25, -0.2) is 14.8 Å². The van der Waals surface area contributed by atoms with Crippen LogP contribution >= 0.6 is 0 Å². The normalized spacial score (nSPS) is 9.23. The van der Waals surface area contributed by atoms with Crippen molar-refractivity contribution in [3.05, 3.63) is 18.7 Å². The Bertz CT molecular complexity index is 265. The van der Waals surface area contributed by atoms with E-state index in [1.54, 1.807) is 0 Å². The second-order valence-electron chi connectivity index (χ2n) is 2.15. The zero-order valence-corrected chi connectivity index (χ0v) is 6.80. The number of rotatable bonds is 4. The van der Waals surface area contributed by atoms with E-state index in [-0.39, 0.29) is 13.2 Å². The summed E-state index contributed by atoms with van der Waals surface area (Å²) in [7, 11) is 0. The summed E-state index contributed by atoms with van der Waals surface area (Å²) in [5, 5.41) is 10.4. The van der Waals surface area contributed by atoms with Crippen LogP contribution in [0.15, 0.2) is 18.7 Å². The van der Waals surface area contributed by atoms with Gasteiger partial charge in [-0.15, -0.1) is 0 Å². The van der Waals surface area contributed by atoms with Gasteiger partial charge in [-0.1, -0.05) is 0 Å². The molecule has 13 heavy (non-hydrogen) atoms. The summed E-state index contributed by atoms with van der Waals surface area (Å²) >= 11 is 0. The van der Waals surface area contributed by atoms with Crippen LogP contribution < -0.4 is 10.1 Å². The Hall–Kier alpha value is -1.85. The van der Waals surface area contributed by atoms with Gasteiger partial charge in [0.2, 0.25) is 0 Å². The van der Waals surface area contributed by atoms with E-state index in [4.69, 9.17) is 9.84 Å². The van der Waals surface area contributed by atoms with Crippen molar-refractivity contribution < 1.29 is 14.6 Å². The Balaban J connectivity index is 2.17. The van der Waals surface area contributed by atoms with Crippen LogP contribution in [0.4, 0.5) is 4.79 Å². The van der Waals surface area contributed by atoms with E-state index >= 15 is 0 Å². The van der Waals surface area contributed by atoms with E-state index in [1.165, 1.54) is 18.7 Å². The van der Waals surface area contributed by atoms with Crippen molar-refractivity contribution in [1.82, 2.24) is 15.3 Å². The van der Waals surface area contributed by atoms with E-state index in [9.17, 15) is 4.79 Å². The minimum absolute atomic E-state index is 0.240. The lowest BCUT2D eigenvalue weighted by Crippen LogP contribution is -2.26. The number of aromatic nitrogens is 2. The van der Waals surface area contributed by atoms with Crippen molar-refractivity contribution in [2.45, 2.75) is 0 Å². The van der Waals surface area contributed by atoms with Crippen molar-refractivity contribution in [1.29, 1.82) is 0 Å². The summed E-state index contributed by atoms with van der Waals surface area (Å²) in [6.07, 6.45) is 3.34. The Morgan fingerprint density at radius 3 is 2.85 bits per heavy atom. The van der Waals surface area contributed by atoms with Gasteiger partial charge in [0, 0.05) is 0 Å². The van der Waals surface area contributed by atoms with Crippen LogP contribution in [0.2, 0.25) is 0 Å². The number of nitrogens with one attached hydrogen (secondary N) is 1. The lowest BCUT2D eigenvalue weighted by Gasteiger charge is -2.03. The summed E-state index contributed by atoms with van der Waals surface area (Å²) < 4.78 is 5.11. The van der Waals surface area contributed by atoms with Crippen molar-refractivity contribution in [2.24, 2.45) is 0 Å². The molecule has 6 heteroatoms. The molecule has 1 heterocycles. The molecule has 0 saturated carbocycles. The molecular weight excluding hydrogens is 174 g/mol. The molecule has 0 aliphatic heterocycles. The Kier molecular flexibility index (Phi) is 3.49. The lowest BCUT2D eigenvalue weighted by molar-refractivity contribution is 0.191. The SMILES string of the molecule is O=C(O)NCCOc1cncnc1. The van der Waals surface area contributed by atoms with Gasteiger partial charge in [-0.2, -0.15) is 0 Å². The van der Waals surface area contributed by atoms with Crippen molar-refractivity contribution in [2.75, 3.05) is 13.2 Å². The quantitative estimate of drug-likeness (QED) is 0.648. The number of amides is 1. The van der Waals surface area contributed by atoms with E-state index in [1.807, 2.05) is 0 Å². The van der Waals surface area contributed by atoms with Gasteiger partial charge in [0.05, 0.1) is 18.9 Å². The maximum atomic E-state index is 10.0. The molecule has 1 aromatic heterocycles. The molecule has 0 saturated heterocycles. The van der Waals surface area contributed by atoms with Crippen LogP contribution in [-0.4, -0.2) is 34.3 Å². The molecule has 0 aromatic carbocycles. The van der Waals surface area contributed by atoms with Crippen LogP contribution in [0.1, 0.15) is 0 Å². The fourth-order valence-corrected chi connectivity index (χ4v) is 0.687. The van der Waals surface area contributed by atoms with E-state index in [2.05, 4.69) is 15.3 Å². The number of hydrogen-bond acceptors (Lipinski definition) is 4. The van der Waals surface area contributed by atoms with E-state index in [0.29, 0.717) is 5.75 Å². The van der Waals surface area contributed by atoms with Gasteiger partial charge in [0.15, 0.2) is 5.75 Å². The molecule has 0 atom stereocenters. The Morgan fingerprint density at radius 2 is 2.23 bits per heavy atom. The monoisotopic (exact) mass is 183 g/mol. The van der Waals surface area contributed by atoms with Gasteiger partial charge < -0.3 is 15.2 Å². The molecule has 0 bridgehead atoms. The number of carbonyl (C=O) groups is 1. The first-order valence-electron chi connectivity index (χ1n) is 3.63. The summed E-state index contributed by atoms with van der Waals surface area (Å²) in [6, 6.07) is 0. The molecule has 1 aromatic rings. The van der Waals surface area contributed by atoms with E-state index < -0.39 is 6.09 Å². The highest BCUT2D eigenvalue weighted by molar-refractivity contribution is 5.64. The second-order valence-corrected chi connectivity index (χ2v) is 2.15. The zero-order valence-electron chi connectivity index (χ0n) is 6.80. The number of hydrogen-bond donors (Lipinski definition) is 2. The maximum absolute atomic E-state index is 10.0. The Morgan fingerprint density at radius 1 is 1.54 bits per heavy atom. The third-order valence-electron chi connectivity index (χ3n) is 1.18. The van der Waals surface area contributed by atoms with Gasteiger partial charge in [0.25, 0.3) is 0 Å². The molecule has 1 rings (SSSR count). The number of carboxylic acid groups (broad SMARTS) is 1. The van der Waals surface area contributed by atoms with Crippen LogP contribution in [0, 0.1) is 0 Å². The third kappa shape index (κ3) is 3.90. The zero-order chi connectivity index (χ0) is 9.52. The van der Waals surface area contributed by atoms with Gasteiger partial charge in [0.1, 0.15) is 12.9 Å². The summed E-state index contributed by atoms with van der Waals surface area (Å²) in [5.74, 6) is 0.523. The van der Waals surface area contributed by atoms with Crippen molar-refractivity contribution in [3.63, 3.8) is 0 Å². The number of ether oxygens (including phenoxy) is 1. The maximum Gasteiger partial charge on any atom is 0.404 e. The molecule has 0 unspecified atom stereocenters. The Labute approximate surface area is 74.6 Å². The predicted octanol–water partition coefficient (Wildman–Crippen LogP) is 0.123. The summed E-state index contributed by atoms with van der Waals surface area (Å²) in [4.78, 5) is 17.5. The topological polar surface area (TPSA) is 84.3 Å². The van der Waals surface area contributed by atoms with Gasteiger partial charge >= 0.3 is 6.09 Å². The highest BCUT2D eigenvalue weighted by Gasteiger charge is 1.94. The lowest BCUT2D eigenvalue weighted by atomic mass is 10.6. The largest absolute Gasteiger partial charge is 0.489 e. The molecular formula is C7H9N3O3. The van der Waals surface area contributed by atoms with Crippen LogP contribution in [0.5, 0.6) is 5.75 Å². The van der Waals surface area contributed by atoms with E-state index in [0.717, 1.165) is 0 Å². The predicted molar refractivity (Wildman–Crippen MR) is 43.6 cm³/mol. The second kappa shape index (κ2) is 4.91. The molecule has 0 aliphatic rings. The van der Waals surface area contributed by atoms with Crippen LogP contribution in [0.25, 0.3) is 0 Å². The highest BCUT2D eigenvalue weighted by Crippen LogP contribution is 2.02. The molecule has 70 valence electrons. The van der Waals surface area contributed by atoms with Crippen LogP contribution in [-0.2, 0) is 0 Å². The first-order chi connectivity index (χ1) is 6.29. The average molecular weight is 183 g/mol. The fourth-order valence-electron chi connectivity index (χ4n) is 0.687. The van der Waals surface area contributed by atoms with Crippen molar-refractivity contribution >= 4 is 6.09 Å². The van der Waals surface area contributed by atoms with Crippen LogP contribution in [0.3, 0.4) is 0 Å². The summed E-state index contributed by atoms with van der Waals surface area (Å²) in [6.45, 7) is 0.504. The minimum Gasteiger partial charge on any atom is -0.489 e.